The molecule has 7 heteroatoms. The van der Waals surface area contributed by atoms with E-state index in [2.05, 4.69) is 15.3 Å². The molecule has 4 aromatic rings. The molecule has 0 atom stereocenters. The van der Waals surface area contributed by atoms with Crippen molar-refractivity contribution in [2.24, 2.45) is 0 Å². The van der Waals surface area contributed by atoms with Crippen molar-refractivity contribution in [2.75, 3.05) is 14.2 Å². The monoisotopic (exact) mass is 447 g/mol. The molecule has 1 amide bonds. The molecule has 162 valence electrons. The number of benzene rings is 3. The molecule has 32 heavy (non-hydrogen) atoms. The van der Waals surface area contributed by atoms with Crippen LogP contribution in [0.25, 0.3) is 22.7 Å². The Morgan fingerprint density at radius 3 is 2.53 bits per heavy atom. The average molecular weight is 448 g/mol. The van der Waals surface area contributed by atoms with Crippen LogP contribution in [-0.2, 0) is 11.3 Å². The second-order valence-corrected chi connectivity index (χ2v) is 7.47. The molecular weight excluding hydrogens is 426 g/mol. The number of nitrogens with one attached hydrogen (secondary N) is 2. The number of carbonyl (C=O) groups excluding carboxylic acids is 1. The van der Waals surface area contributed by atoms with Crippen molar-refractivity contribution >= 4 is 40.2 Å². The minimum atomic E-state index is -0.265. The molecule has 1 aromatic heterocycles. The van der Waals surface area contributed by atoms with E-state index >= 15 is 0 Å². The Labute approximate surface area is 190 Å². The van der Waals surface area contributed by atoms with Crippen molar-refractivity contribution in [1.29, 1.82) is 0 Å². The van der Waals surface area contributed by atoms with Crippen molar-refractivity contribution < 1.29 is 14.3 Å². The van der Waals surface area contributed by atoms with Gasteiger partial charge in [-0.05, 0) is 41.5 Å². The third kappa shape index (κ3) is 4.60. The number of rotatable bonds is 7. The standard InChI is InChI=1S/C25H22ClN3O3/c1-31-22-14-17(13-19(26)23(22)32-2)12-18(24-28-20-10-6-7-11-21(20)29-24)25(30)27-15-16-8-4-3-5-9-16/h3-14H,15H2,1-2H3,(H,27,30)(H,28,29)/b18-12+. The number of nitrogens with zero attached hydrogens (tertiary/aromatic N) is 1. The van der Waals surface area contributed by atoms with Gasteiger partial charge in [0.1, 0.15) is 5.82 Å². The van der Waals surface area contributed by atoms with E-state index in [-0.39, 0.29) is 5.91 Å². The quantitative estimate of drug-likeness (QED) is 0.387. The summed E-state index contributed by atoms with van der Waals surface area (Å²) in [5.74, 6) is 1.10. The summed E-state index contributed by atoms with van der Waals surface area (Å²) >= 11 is 6.37. The van der Waals surface area contributed by atoms with E-state index < -0.39 is 0 Å². The fourth-order valence-electron chi connectivity index (χ4n) is 3.38. The van der Waals surface area contributed by atoms with Gasteiger partial charge in [-0.25, -0.2) is 4.98 Å². The van der Waals surface area contributed by atoms with E-state index in [0.29, 0.717) is 40.0 Å². The van der Waals surface area contributed by atoms with Gasteiger partial charge in [-0.1, -0.05) is 54.1 Å². The summed E-state index contributed by atoms with van der Waals surface area (Å²) < 4.78 is 10.7. The normalized spacial score (nSPS) is 11.4. The van der Waals surface area contributed by atoms with Crippen LogP contribution in [0.3, 0.4) is 0 Å². The maximum atomic E-state index is 13.2. The Morgan fingerprint density at radius 2 is 1.81 bits per heavy atom. The van der Waals surface area contributed by atoms with Gasteiger partial charge in [0.2, 0.25) is 0 Å². The lowest BCUT2D eigenvalue weighted by molar-refractivity contribution is -0.115. The topological polar surface area (TPSA) is 76.2 Å². The predicted octanol–water partition coefficient (Wildman–Crippen LogP) is 5.09. The summed E-state index contributed by atoms with van der Waals surface area (Å²) in [4.78, 5) is 21.1. The Hall–Kier alpha value is -3.77. The molecule has 0 bridgehead atoms. The zero-order valence-electron chi connectivity index (χ0n) is 17.7. The number of H-pyrrole nitrogens is 1. The van der Waals surface area contributed by atoms with Crippen LogP contribution < -0.4 is 14.8 Å². The fraction of sp³-hybridized carbons (Fsp3) is 0.120. The zero-order chi connectivity index (χ0) is 22.5. The second kappa shape index (κ2) is 9.58. The molecule has 0 spiro atoms. The minimum Gasteiger partial charge on any atom is -0.493 e. The van der Waals surface area contributed by atoms with Gasteiger partial charge in [-0.2, -0.15) is 0 Å². The van der Waals surface area contributed by atoms with Crippen molar-refractivity contribution in [2.45, 2.75) is 6.54 Å². The zero-order valence-corrected chi connectivity index (χ0v) is 18.4. The summed E-state index contributed by atoms with van der Waals surface area (Å²) in [7, 11) is 3.06. The summed E-state index contributed by atoms with van der Waals surface area (Å²) in [6.45, 7) is 0.393. The Balaban J connectivity index is 1.74. The molecule has 3 aromatic carbocycles. The largest absolute Gasteiger partial charge is 0.493 e. The minimum absolute atomic E-state index is 0.265. The first-order valence-corrected chi connectivity index (χ1v) is 10.4. The molecule has 6 nitrogen and oxygen atoms in total. The molecule has 2 N–H and O–H groups in total. The van der Waals surface area contributed by atoms with Crippen LogP contribution in [0.2, 0.25) is 5.02 Å². The lowest BCUT2D eigenvalue weighted by Crippen LogP contribution is -2.24. The van der Waals surface area contributed by atoms with Crippen LogP contribution in [0.4, 0.5) is 0 Å². The molecule has 0 saturated heterocycles. The number of hydrogen-bond donors (Lipinski definition) is 2. The third-order valence-electron chi connectivity index (χ3n) is 4.95. The van der Waals surface area contributed by atoms with Crippen LogP contribution in [0.1, 0.15) is 17.0 Å². The molecule has 0 aliphatic carbocycles. The lowest BCUT2D eigenvalue weighted by atomic mass is 10.1. The molecule has 0 radical (unpaired) electrons. The second-order valence-electron chi connectivity index (χ2n) is 7.07. The molecule has 0 saturated carbocycles. The van der Waals surface area contributed by atoms with E-state index in [4.69, 9.17) is 21.1 Å². The highest BCUT2D eigenvalue weighted by Gasteiger charge is 2.18. The average Bonchev–Trinajstić information content (AvgIpc) is 3.25. The third-order valence-corrected chi connectivity index (χ3v) is 5.23. The number of amides is 1. The molecule has 0 unspecified atom stereocenters. The number of ether oxygens (including phenoxy) is 2. The molecule has 0 fully saturated rings. The first kappa shape index (κ1) is 21.5. The smallest absolute Gasteiger partial charge is 0.255 e. The number of hydrogen-bond acceptors (Lipinski definition) is 4. The maximum Gasteiger partial charge on any atom is 0.255 e. The van der Waals surface area contributed by atoms with Gasteiger partial charge in [-0.3, -0.25) is 4.79 Å². The van der Waals surface area contributed by atoms with E-state index in [1.807, 2.05) is 54.6 Å². The van der Waals surface area contributed by atoms with Crippen LogP contribution in [0, 0.1) is 0 Å². The molecule has 1 heterocycles. The van der Waals surface area contributed by atoms with E-state index in [0.717, 1.165) is 16.6 Å². The van der Waals surface area contributed by atoms with Crippen molar-refractivity contribution in [3.05, 3.63) is 88.7 Å². The van der Waals surface area contributed by atoms with Gasteiger partial charge >= 0.3 is 0 Å². The summed E-state index contributed by atoms with van der Waals surface area (Å²) in [5.41, 5.74) is 3.67. The molecular formula is C25H22ClN3O3. The van der Waals surface area contributed by atoms with Crippen LogP contribution >= 0.6 is 11.6 Å². The van der Waals surface area contributed by atoms with Crippen LogP contribution in [0.5, 0.6) is 11.5 Å². The SMILES string of the molecule is COc1cc(/C=C(/C(=O)NCc2ccccc2)c2nc3ccccc3[nH]2)cc(Cl)c1OC. The summed E-state index contributed by atoms with van der Waals surface area (Å²) in [6, 6.07) is 20.8. The first-order valence-electron chi connectivity index (χ1n) is 9.99. The van der Waals surface area contributed by atoms with E-state index in [1.165, 1.54) is 14.2 Å². The summed E-state index contributed by atoms with van der Waals surface area (Å²) in [6.07, 6.45) is 1.73. The Kier molecular flexibility index (Phi) is 6.42. The number of carbonyl (C=O) groups is 1. The predicted molar refractivity (Wildman–Crippen MR) is 127 cm³/mol. The number of fused-ring (bicyclic) bond motifs is 1. The molecule has 0 aliphatic rings. The van der Waals surface area contributed by atoms with Crippen molar-refractivity contribution in [3.8, 4) is 11.5 Å². The number of aromatic amines is 1. The molecule has 0 aliphatic heterocycles. The Bertz CT molecular complexity index is 1250. The van der Waals surface area contributed by atoms with Crippen LogP contribution in [0.15, 0.2) is 66.7 Å². The van der Waals surface area contributed by atoms with Crippen LogP contribution in [-0.4, -0.2) is 30.1 Å². The Morgan fingerprint density at radius 1 is 1.06 bits per heavy atom. The first-order chi connectivity index (χ1) is 15.6. The number of aromatic nitrogens is 2. The number of imidazole rings is 1. The highest BCUT2D eigenvalue weighted by Crippen LogP contribution is 2.37. The lowest BCUT2D eigenvalue weighted by Gasteiger charge is -2.11. The summed E-state index contributed by atoms with van der Waals surface area (Å²) in [5, 5.41) is 3.35. The van der Waals surface area contributed by atoms with Gasteiger partial charge in [-0.15, -0.1) is 0 Å². The highest BCUT2D eigenvalue weighted by molar-refractivity contribution is 6.32. The van der Waals surface area contributed by atoms with E-state index in [1.54, 1.807) is 18.2 Å². The van der Waals surface area contributed by atoms with Gasteiger partial charge in [0, 0.05) is 6.54 Å². The highest BCUT2D eigenvalue weighted by atomic mass is 35.5. The van der Waals surface area contributed by atoms with Gasteiger partial charge < -0.3 is 19.8 Å². The van der Waals surface area contributed by atoms with E-state index in [9.17, 15) is 4.79 Å². The number of methoxy groups -OCH3 is 2. The molecule has 4 rings (SSSR count). The maximum absolute atomic E-state index is 13.2. The van der Waals surface area contributed by atoms with Gasteiger partial charge in [0.15, 0.2) is 11.5 Å². The fourth-order valence-corrected chi connectivity index (χ4v) is 3.68. The van der Waals surface area contributed by atoms with Gasteiger partial charge in [0.25, 0.3) is 5.91 Å². The van der Waals surface area contributed by atoms with Crippen molar-refractivity contribution in [1.82, 2.24) is 15.3 Å². The van der Waals surface area contributed by atoms with Crippen molar-refractivity contribution in [3.63, 3.8) is 0 Å². The number of halogens is 1. The number of para-hydroxylation sites is 2. The van der Waals surface area contributed by atoms with Gasteiger partial charge in [0.05, 0.1) is 35.8 Å².